The van der Waals surface area contributed by atoms with Crippen molar-refractivity contribution in [3.8, 4) is 0 Å². The van der Waals surface area contributed by atoms with E-state index >= 15 is 0 Å². The van der Waals surface area contributed by atoms with Gasteiger partial charge in [-0.25, -0.2) is 9.37 Å². The molecular formula is C18H21FN2O2. The highest BCUT2D eigenvalue weighted by atomic mass is 19.1. The number of pyridine rings is 1. The van der Waals surface area contributed by atoms with Gasteiger partial charge in [-0.2, -0.15) is 0 Å². The zero-order valence-electron chi connectivity index (χ0n) is 13.3. The lowest BCUT2D eigenvalue weighted by molar-refractivity contribution is 0.0758. The molecule has 0 saturated carbocycles. The molecule has 1 saturated heterocycles. The minimum Gasteiger partial charge on any atom is -0.378 e. The van der Waals surface area contributed by atoms with E-state index in [2.05, 4.69) is 4.98 Å². The highest BCUT2D eigenvalue weighted by molar-refractivity contribution is 5.94. The molecule has 122 valence electrons. The molecule has 1 unspecified atom stereocenters. The number of rotatable bonds is 5. The normalized spacial score (nSPS) is 17.6. The Morgan fingerprint density at radius 3 is 3.04 bits per heavy atom. The summed E-state index contributed by atoms with van der Waals surface area (Å²) in [5.41, 5.74) is 0.522. The molecule has 3 rings (SSSR count). The summed E-state index contributed by atoms with van der Waals surface area (Å²) >= 11 is 0. The molecule has 2 heterocycles. The van der Waals surface area contributed by atoms with Crippen molar-refractivity contribution in [2.45, 2.75) is 31.8 Å². The summed E-state index contributed by atoms with van der Waals surface area (Å²) < 4.78 is 19.4. The fourth-order valence-corrected chi connectivity index (χ4v) is 2.96. The minimum absolute atomic E-state index is 0.178. The molecule has 0 bridgehead atoms. The molecule has 1 atom stereocenters. The van der Waals surface area contributed by atoms with Gasteiger partial charge in [0.1, 0.15) is 17.0 Å². The Labute approximate surface area is 135 Å². The van der Waals surface area contributed by atoms with Gasteiger partial charge in [-0.15, -0.1) is 0 Å². The molecule has 0 N–H and O–H groups in total. The van der Waals surface area contributed by atoms with Crippen molar-refractivity contribution in [3.05, 3.63) is 41.8 Å². The number of nitrogens with zero attached hydrogens (tertiary/aromatic N) is 2. The molecule has 5 heteroatoms. The Hall–Kier alpha value is -2.01. The van der Waals surface area contributed by atoms with Crippen LogP contribution in [0.1, 0.15) is 36.2 Å². The molecule has 1 aliphatic rings. The fourth-order valence-electron chi connectivity index (χ4n) is 2.96. The van der Waals surface area contributed by atoms with Crippen LogP contribution in [0.25, 0.3) is 10.9 Å². The molecule has 23 heavy (non-hydrogen) atoms. The Morgan fingerprint density at radius 1 is 1.39 bits per heavy atom. The summed E-state index contributed by atoms with van der Waals surface area (Å²) in [4.78, 5) is 18.3. The van der Waals surface area contributed by atoms with Crippen LogP contribution in [-0.2, 0) is 4.74 Å². The maximum absolute atomic E-state index is 13.8. The van der Waals surface area contributed by atoms with Gasteiger partial charge in [0.15, 0.2) is 0 Å². The summed E-state index contributed by atoms with van der Waals surface area (Å²) in [5.74, 6) is -0.583. The fraction of sp³-hybridized carbons (Fsp3) is 0.444. The van der Waals surface area contributed by atoms with Crippen LogP contribution >= 0.6 is 0 Å². The topological polar surface area (TPSA) is 42.4 Å². The quantitative estimate of drug-likeness (QED) is 0.849. The molecule has 1 amide bonds. The first kappa shape index (κ1) is 15.9. The number of carbonyl (C=O) groups excluding carboxylic acids is 1. The number of para-hydroxylation sites is 1. The summed E-state index contributed by atoms with van der Waals surface area (Å²) in [6, 6.07) is 8.16. The van der Waals surface area contributed by atoms with E-state index in [4.69, 9.17) is 4.74 Å². The Morgan fingerprint density at radius 2 is 2.26 bits per heavy atom. The zero-order chi connectivity index (χ0) is 16.2. The third-order valence-corrected chi connectivity index (χ3v) is 4.28. The van der Waals surface area contributed by atoms with E-state index in [1.165, 1.54) is 6.07 Å². The summed E-state index contributed by atoms with van der Waals surface area (Å²) in [5, 5.41) is 0.697. The van der Waals surface area contributed by atoms with Gasteiger partial charge >= 0.3 is 0 Å². The average Bonchev–Trinajstić information content (AvgIpc) is 3.07. The molecule has 1 aromatic heterocycles. The van der Waals surface area contributed by atoms with Crippen molar-refractivity contribution < 1.29 is 13.9 Å². The van der Waals surface area contributed by atoms with Crippen LogP contribution in [0.15, 0.2) is 30.3 Å². The van der Waals surface area contributed by atoms with Crippen LogP contribution in [0.4, 0.5) is 4.39 Å². The highest BCUT2D eigenvalue weighted by Gasteiger charge is 2.17. The lowest BCUT2D eigenvalue weighted by Crippen LogP contribution is -2.29. The van der Waals surface area contributed by atoms with E-state index in [1.807, 2.05) is 0 Å². The van der Waals surface area contributed by atoms with Crippen molar-refractivity contribution in [1.82, 2.24) is 9.88 Å². The Bertz CT molecular complexity index is 698. The predicted octanol–water partition coefficient (Wildman–Crippen LogP) is 3.41. The molecule has 1 aromatic carbocycles. The van der Waals surface area contributed by atoms with Gasteiger partial charge in [0.2, 0.25) is 0 Å². The largest absolute Gasteiger partial charge is 0.378 e. The maximum atomic E-state index is 13.8. The van der Waals surface area contributed by atoms with Crippen LogP contribution < -0.4 is 0 Å². The van der Waals surface area contributed by atoms with Crippen molar-refractivity contribution >= 4 is 16.8 Å². The number of amides is 1. The van der Waals surface area contributed by atoms with Gasteiger partial charge in [0.25, 0.3) is 5.91 Å². The van der Waals surface area contributed by atoms with Gasteiger partial charge < -0.3 is 9.64 Å². The Balaban J connectivity index is 1.63. The Kier molecular flexibility index (Phi) is 4.86. The number of fused-ring (bicyclic) bond motifs is 1. The van der Waals surface area contributed by atoms with E-state index in [0.717, 1.165) is 32.3 Å². The second-order valence-corrected chi connectivity index (χ2v) is 6.01. The van der Waals surface area contributed by atoms with Crippen molar-refractivity contribution in [2.24, 2.45) is 0 Å². The predicted molar refractivity (Wildman–Crippen MR) is 86.9 cm³/mol. The maximum Gasteiger partial charge on any atom is 0.272 e. The van der Waals surface area contributed by atoms with Gasteiger partial charge in [0.05, 0.1) is 6.10 Å². The third kappa shape index (κ3) is 3.67. The van der Waals surface area contributed by atoms with Crippen molar-refractivity contribution in [1.29, 1.82) is 0 Å². The number of benzene rings is 1. The SMILES string of the molecule is CN(CCCC1CCCO1)C(=O)c1ccc2cccc(F)c2n1. The lowest BCUT2D eigenvalue weighted by atomic mass is 10.1. The second-order valence-electron chi connectivity index (χ2n) is 6.01. The molecule has 2 aromatic rings. The first-order chi connectivity index (χ1) is 11.1. The standard InChI is InChI=1S/C18H21FN2O2/c1-21(11-3-6-14-7-4-12-23-14)18(22)16-10-9-13-5-2-8-15(19)17(13)20-16/h2,5,8-10,14H,3-4,6-7,11-12H2,1H3. The van der Waals surface area contributed by atoms with E-state index in [-0.39, 0.29) is 17.1 Å². The number of ether oxygens (including phenoxy) is 1. The summed E-state index contributed by atoms with van der Waals surface area (Å²) in [6.07, 6.45) is 4.45. The third-order valence-electron chi connectivity index (χ3n) is 4.28. The van der Waals surface area contributed by atoms with Crippen LogP contribution in [0.2, 0.25) is 0 Å². The average molecular weight is 316 g/mol. The van der Waals surface area contributed by atoms with Gasteiger partial charge in [-0.05, 0) is 37.8 Å². The number of halogens is 1. The van der Waals surface area contributed by atoms with E-state index in [0.29, 0.717) is 18.0 Å². The summed E-state index contributed by atoms with van der Waals surface area (Å²) in [6.45, 7) is 1.50. The molecule has 1 aliphatic heterocycles. The van der Waals surface area contributed by atoms with Crippen molar-refractivity contribution in [2.75, 3.05) is 20.2 Å². The van der Waals surface area contributed by atoms with Gasteiger partial charge in [-0.3, -0.25) is 4.79 Å². The van der Waals surface area contributed by atoms with Crippen molar-refractivity contribution in [3.63, 3.8) is 0 Å². The first-order valence-corrected chi connectivity index (χ1v) is 8.07. The highest BCUT2D eigenvalue weighted by Crippen LogP contribution is 2.18. The first-order valence-electron chi connectivity index (χ1n) is 8.07. The van der Waals surface area contributed by atoms with Crippen LogP contribution in [-0.4, -0.2) is 42.1 Å². The minimum atomic E-state index is -0.404. The zero-order valence-corrected chi connectivity index (χ0v) is 13.3. The van der Waals surface area contributed by atoms with Crippen LogP contribution in [0, 0.1) is 5.82 Å². The summed E-state index contributed by atoms with van der Waals surface area (Å²) in [7, 11) is 1.76. The van der Waals surface area contributed by atoms with Gasteiger partial charge in [0, 0.05) is 25.6 Å². The van der Waals surface area contributed by atoms with E-state index < -0.39 is 5.82 Å². The molecule has 0 radical (unpaired) electrons. The molecule has 1 fully saturated rings. The smallest absolute Gasteiger partial charge is 0.272 e. The molecular weight excluding hydrogens is 295 g/mol. The lowest BCUT2D eigenvalue weighted by Gasteiger charge is -2.18. The number of hydrogen-bond donors (Lipinski definition) is 0. The van der Waals surface area contributed by atoms with Crippen LogP contribution in [0.5, 0.6) is 0 Å². The molecule has 0 spiro atoms. The van der Waals surface area contributed by atoms with E-state index in [1.54, 1.807) is 36.2 Å². The molecule has 0 aliphatic carbocycles. The monoisotopic (exact) mass is 316 g/mol. The second kappa shape index (κ2) is 7.04. The number of aromatic nitrogens is 1. The van der Waals surface area contributed by atoms with Crippen LogP contribution in [0.3, 0.4) is 0 Å². The van der Waals surface area contributed by atoms with Gasteiger partial charge in [-0.1, -0.05) is 18.2 Å². The molecule has 4 nitrogen and oxygen atoms in total. The number of carbonyl (C=O) groups is 1. The number of hydrogen-bond acceptors (Lipinski definition) is 3. The van der Waals surface area contributed by atoms with E-state index in [9.17, 15) is 9.18 Å².